The summed E-state index contributed by atoms with van der Waals surface area (Å²) in [5.41, 5.74) is 2.60. The molecule has 0 aliphatic carbocycles. The maximum atomic E-state index is 9.43. The van der Waals surface area contributed by atoms with Crippen LogP contribution in [0.25, 0.3) is 32.9 Å². The second kappa shape index (κ2) is 5.46. The Hall–Kier alpha value is -3.34. The molecule has 0 aliphatic heterocycles. The molecule has 0 amide bonds. The third kappa shape index (κ3) is 2.19. The van der Waals surface area contributed by atoms with Crippen LogP contribution in [0.3, 0.4) is 0 Å². The molecule has 4 rings (SSSR count). The average molecular weight is 300 g/mol. The number of hydrogen-bond donors (Lipinski definition) is 1. The predicted octanol–water partition coefficient (Wildman–Crippen LogP) is 3.13. The van der Waals surface area contributed by atoms with Crippen molar-refractivity contribution >= 4 is 21.7 Å². The van der Waals surface area contributed by atoms with Crippen LogP contribution < -0.4 is 5.49 Å². The van der Waals surface area contributed by atoms with Gasteiger partial charge in [0.15, 0.2) is 0 Å². The van der Waals surface area contributed by atoms with Crippen LogP contribution in [0.1, 0.15) is 0 Å². The third-order valence-corrected chi connectivity index (χ3v) is 3.75. The highest BCUT2D eigenvalue weighted by molar-refractivity contribution is 6.07. The minimum Gasteiger partial charge on any atom is -0.409 e. The first kappa shape index (κ1) is 13.3. The lowest BCUT2D eigenvalue weighted by Crippen LogP contribution is -2.07. The molecule has 0 bridgehead atoms. The molecule has 5 heteroatoms. The number of rotatable bonds is 1. The number of aromatic nitrogens is 3. The van der Waals surface area contributed by atoms with Gasteiger partial charge < -0.3 is 5.21 Å². The average Bonchev–Trinajstić information content (AvgIpc) is 2.77. The molecule has 5 nitrogen and oxygen atoms in total. The van der Waals surface area contributed by atoms with E-state index in [0.29, 0.717) is 10.9 Å². The number of benzene rings is 2. The second-order valence-electron chi connectivity index (χ2n) is 5.08. The van der Waals surface area contributed by atoms with E-state index in [0.717, 1.165) is 22.0 Å². The summed E-state index contributed by atoms with van der Waals surface area (Å²) in [6.07, 6.45) is 3.10. The first-order chi connectivity index (χ1) is 11.4. The van der Waals surface area contributed by atoms with Crippen molar-refractivity contribution in [3.05, 3.63) is 72.6 Å². The summed E-state index contributed by atoms with van der Waals surface area (Å²) in [6, 6.07) is 17.7. The Balaban J connectivity index is 2.32. The van der Waals surface area contributed by atoms with Crippen LogP contribution in [0.4, 0.5) is 0 Å². The maximum absolute atomic E-state index is 9.43. The molecule has 2 aromatic carbocycles. The Morgan fingerprint density at radius 2 is 1.57 bits per heavy atom. The SMILES string of the molecule is O/N=c1\nc(-c2ccccc2)c2ccccc2c2ncncc12. The topological polar surface area (TPSA) is 71.3 Å². The van der Waals surface area contributed by atoms with Crippen molar-refractivity contribution in [1.82, 2.24) is 15.0 Å². The molecule has 0 atom stereocenters. The Morgan fingerprint density at radius 1 is 0.826 bits per heavy atom. The van der Waals surface area contributed by atoms with Gasteiger partial charge in [0.25, 0.3) is 0 Å². The van der Waals surface area contributed by atoms with Crippen molar-refractivity contribution in [3.8, 4) is 11.3 Å². The Labute approximate surface area is 131 Å². The summed E-state index contributed by atoms with van der Waals surface area (Å²) in [5, 5.41) is 15.3. The lowest BCUT2D eigenvalue weighted by Gasteiger charge is -2.01. The molecule has 0 unspecified atom stereocenters. The van der Waals surface area contributed by atoms with E-state index in [4.69, 9.17) is 0 Å². The van der Waals surface area contributed by atoms with Gasteiger partial charge in [0.05, 0.1) is 16.6 Å². The van der Waals surface area contributed by atoms with Gasteiger partial charge in [0.1, 0.15) is 6.33 Å². The first-order valence-electron chi connectivity index (χ1n) is 7.15. The summed E-state index contributed by atoms with van der Waals surface area (Å²) in [7, 11) is 0. The Morgan fingerprint density at radius 3 is 2.35 bits per heavy atom. The van der Waals surface area contributed by atoms with Crippen LogP contribution >= 0.6 is 0 Å². The number of fused-ring (bicyclic) bond motifs is 3. The highest BCUT2D eigenvalue weighted by Gasteiger charge is 2.10. The fourth-order valence-corrected chi connectivity index (χ4v) is 2.72. The van der Waals surface area contributed by atoms with Crippen LogP contribution in [-0.4, -0.2) is 20.2 Å². The summed E-state index contributed by atoms with van der Waals surface area (Å²) in [5.74, 6) is 0. The molecule has 4 aromatic rings. The van der Waals surface area contributed by atoms with Gasteiger partial charge in [0, 0.05) is 22.5 Å². The van der Waals surface area contributed by atoms with Crippen molar-refractivity contribution in [2.45, 2.75) is 0 Å². The summed E-state index contributed by atoms with van der Waals surface area (Å²) < 4.78 is 0. The van der Waals surface area contributed by atoms with Gasteiger partial charge in [-0.3, -0.25) is 0 Å². The molecule has 2 heterocycles. The van der Waals surface area contributed by atoms with Gasteiger partial charge in [-0.1, -0.05) is 59.8 Å². The summed E-state index contributed by atoms with van der Waals surface area (Å²) >= 11 is 0. The minimum atomic E-state index is 0.204. The number of hydrogen-bond acceptors (Lipinski definition) is 5. The maximum Gasteiger partial charge on any atom is 0.202 e. The van der Waals surface area contributed by atoms with Gasteiger partial charge in [-0.25, -0.2) is 15.0 Å². The third-order valence-electron chi connectivity index (χ3n) is 3.75. The molecule has 110 valence electrons. The van der Waals surface area contributed by atoms with E-state index in [9.17, 15) is 5.21 Å². The zero-order valence-corrected chi connectivity index (χ0v) is 12.1. The normalized spacial score (nSPS) is 11.9. The predicted molar refractivity (Wildman–Crippen MR) is 87.6 cm³/mol. The van der Waals surface area contributed by atoms with E-state index in [-0.39, 0.29) is 5.49 Å². The second-order valence-corrected chi connectivity index (χ2v) is 5.08. The zero-order valence-electron chi connectivity index (χ0n) is 12.1. The zero-order chi connectivity index (χ0) is 15.6. The van der Waals surface area contributed by atoms with Gasteiger partial charge in [-0.05, 0) is 0 Å². The van der Waals surface area contributed by atoms with Crippen LogP contribution in [0.5, 0.6) is 0 Å². The highest BCUT2D eigenvalue weighted by atomic mass is 16.4. The largest absolute Gasteiger partial charge is 0.409 e. The molecule has 0 aliphatic rings. The van der Waals surface area contributed by atoms with Gasteiger partial charge >= 0.3 is 0 Å². The van der Waals surface area contributed by atoms with Crippen LogP contribution in [0.15, 0.2) is 72.3 Å². The molecule has 0 spiro atoms. The standard InChI is InChI=1S/C18H12N4O/c23-22-18-15-10-19-11-20-17(15)14-9-5-4-8-13(14)16(21-18)12-6-2-1-3-7-12/h1-11,23H/b22-18-. The smallest absolute Gasteiger partial charge is 0.202 e. The molecule has 2 aromatic heterocycles. The first-order valence-corrected chi connectivity index (χ1v) is 7.15. The molecule has 23 heavy (non-hydrogen) atoms. The van der Waals surface area contributed by atoms with E-state index in [1.54, 1.807) is 6.20 Å². The quantitative estimate of drug-likeness (QED) is 0.433. The van der Waals surface area contributed by atoms with E-state index < -0.39 is 0 Å². The van der Waals surface area contributed by atoms with Crippen molar-refractivity contribution in [1.29, 1.82) is 0 Å². The van der Waals surface area contributed by atoms with Crippen LogP contribution in [-0.2, 0) is 0 Å². The molecule has 0 fully saturated rings. The monoisotopic (exact) mass is 300 g/mol. The van der Waals surface area contributed by atoms with Crippen molar-refractivity contribution in [2.24, 2.45) is 5.16 Å². The van der Waals surface area contributed by atoms with Crippen molar-refractivity contribution < 1.29 is 5.21 Å². The van der Waals surface area contributed by atoms with Crippen molar-refractivity contribution in [2.75, 3.05) is 0 Å². The van der Waals surface area contributed by atoms with E-state index in [1.807, 2.05) is 54.6 Å². The number of nitrogens with zero attached hydrogens (tertiary/aromatic N) is 4. The Kier molecular flexibility index (Phi) is 3.16. The summed E-state index contributed by atoms with van der Waals surface area (Å²) in [6.45, 7) is 0. The van der Waals surface area contributed by atoms with Gasteiger partial charge in [-0.15, -0.1) is 0 Å². The molecule has 0 saturated heterocycles. The molecular weight excluding hydrogens is 288 g/mol. The van der Waals surface area contributed by atoms with E-state index >= 15 is 0 Å². The molecule has 1 N–H and O–H groups in total. The van der Waals surface area contributed by atoms with Gasteiger partial charge in [0.2, 0.25) is 5.49 Å². The van der Waals surface area contributed by atoms with E-state index in [1.165, 1.54) is 6.33 Å². The fraction of sp³-hybridized carbons (Fsp3) is 0. The van der Waals surface area contributed by atoms with Crippen LogP contribution in [0, 0.1) is 0 Å². The molecule has 0 radical (unpaired) electrons. The molecular formula is C18H12N4O. The Bertz CT molecular complexity index is 1080. The van der Waals surface area contributed by atoms with E-state index in [2.05, 4.69) is 20.1 Å². The molecule has 0 saturated carbocycles. The lowest BCUT2D eigenvalue weighted by atomic mass is 10.0. The highest BCUT2D eigenvalue weighted by Crippen LogP contribution is 2.27. The summed E-state index contributed by atoms with van der Waals surface area (Å²) in [4.78, 5) is 13.0. The van der Waals surface area contributed by atoms with Crippen LogP contribution in [0.2, 0.25) is 0 Å². The van der Waals surface area contributed by atoms with Gasteiger partial charge in [-0.2, -0.15) is 0 Å². The minimum absolute atomic E-state index is 0.204. The van der Waals surface area contributed by atoms with Crippen molar-refractivity contribution in [3.63, 3.8) is 0 Å². The lowest BCUT2D eigenvalue weighted by molar-refractivity contribution is 0.300. The fourth-order valence-electron chi connectivity index (χ4n) is 2.72.